The largest absolute Gasteiger partial charge is 0.375 e. The topological polar surface area (TPSA) is 62.5 Å². The van der Waals surface area contributed by atoms with Crippen molar-refractivity contribution in [3.05, 3.63) is 11.1 Å². The molecule has 1 aromatic rings. The Morgan fingerprint density at radius 2 is 2.35 bits per heavy atom. The first-order valence-corrected chi connectivity index (χ1v) is 6.06. The van der Waals surface area contributed by atoms with Crippen molar-refractivity contribution in [2.45, 2.75) is 19.5 Å². The van der Waals surface area contributed by atoms with Gasteiger partial charge >= 0.3 is 0 Å². The number of thiazole rings is 1. The second-order valence-electron chi connectivity index (χ2n) is 4.19. The molecule has 1 aromatic heterocycles. The molecule has 1 atom stereocenters. The number of carbonyl (C=O) groups excluding carboxylic acids is 1. The first kappa shape index (κ1) is 14.2. The van der Waals surface area contributed by atoms with Gasteiger partial charge in [0.2, 0.25) is 5.91 Å². The summed E-state index contributed by atoms with van der Waals surface area (Å²) in [7, 11) is 1.86. The first-order chi connectivity index (χ1) is 7.56. The van der Waals surface area contributed by atoms with Crippen LogP contribution in [0.2, 0.25) is 0 Å². The van der Waals surface area contributed by atoms with Gasteiger partial charge in [0, 0.05) is 37.3 Å². The summed E-state index contributed by atoms with van der Waals surface area (Å²) in [6.07, 6.45) is 1.79. The van der Waals surface area contributed by atoms with Crippen LogP contribution in [0.3, 0.4) is 0 Å². The summed E-state index contributed by atoms with van der Waals surface area (Å²) >= 11 is 1.48. The Labute approximate surface area is 111 Å². The van der Waals surface area contributed by atoms with E-state index in [2.05, 4.69) is 16.8 Å². The van der Waals surface area contributed by atoms with Crippen LogP contribution in [-0.4, -0.2) is 46.9 Å². The maximum absolute atomic E-state index is 11.7. The molecule has 2 N–H and O–H groups in total. The molecule has 0 aromatic carbocycles. The zero-order chi connectivity index (χ0) is 11.7. The van der Waals surface area contributed by atoms with Crippen LogP contribution in [-0.2, 0) is 11.3 Å². The lowest BCUT2D eigenvalue weighted by atomic mass is 10.2. The molecule has 5 nitrogen and oxygen atoms in total. The summed E-state index contributed by atoms with van der Waals surface area (Å²) in [6.45, 7) is 4.21. The Balaban J connectivity index is 0.00000144. The molecule has 2 rings (SSSR count). The van der Waals surface area contributed by atoms with Gasteiger partial charge in [0.05, 0.1) is 6.54 Å². The van der Waals surface area contributed by atoms with Crippen LogP contribution in [0.4, 0.5) is 5.13 Å². The van der Waals surface area contributed by atoms with Crippen molar-refractivity contribution in [3.8, 4) is 0 Å². The molecule has 2 heterocycles. The van der Waals surface area contributed by atoms with Crippen LogP contribution < -0.4 is 5.73 Å². The third-order valence-corrected chi connectivity index (χ3v) is 3.70. The molecule has 1 aliphatic heterocycles. The zero-order valence-electron chi connectivity index (χ0n) is 9.92. The molecule has 0 aliphatic carbocycles. The fourth-order valence-corrected chi connectivity index (χ4v) is 2.57. The molecule has 0 saturated carbocycles. The zero-order valence-corrected chi connectivity index (χ0v) is 11.6. The first-order valence-electron chi connectivity index (χ1n) is 5.24. The van der Waals surface area contributed by atoms with E-state index in [1.807, 2.05) is 7.05 Å². The molecule has 17 heavy (non-hydrogen) atoms. The van der Waals surface area contributed by atoms with E-state index in [-0.39, 0.29) is 24.4 Å². The minimum Gasteiger partial charge on any atom is -0.375 e. The quantitative estimate of drug-likeness (QED) is 0.868. The molecular formula is C10H17ClN4OS. The Hall–Kier alpha value is -0.850. The van der Waals surface area contributed by atoms with Gasteiger partial charge in [0.25, 0.3) is 0 Å². The molecule has 0 radical (unpaired) electrons. The van der Waals surface area contributed by atoms with Crippen LogP contribution in [0.15, 0.2) is 6.20 Å². The summed E-state index contributed by atoms with van der Waals surface area (Å²) in [5, 5.41) is 0.587. The fraction of sp³-hybridized carbons (Fsp3) is 0.600. The van der Waals surface area contributed by atoms with E-state index in [9.17, 15) is 4.79 Å². The van der Waals surface area contributed by atoms with E-state index in [4.69, 9.17) is 5.73 Å². The van der Waals surface area contributed by atoms with Crippen LogP contribution in [0.5, 0.6) is 0 Å². The Bertz CT molecular complexity index is 397. The van der Waals surface area contributed by atoms with Crippen molar-refractivity contribution in [3.63, 3.8) is 0 Å². The number of nitrogens with two attached hydrogens (primary N) is 1. The molecule has 96 valence electrons. The fourth-order valence-electron chi connectivity index (χ4n) is 1.85. The van der Waals surface area contributed by atoms with Crippen LogP contribution in [0, 0.1) is 0 Å². The van der Waals surface area contributed by atoms with Crippen molar-refractivity contribution >= 4 is 34.8 Å². The molecule has 1 fully saturated rings. The van der Waals surface area contributed by atoms with E-state index < -0.39 is 0 Å². The number of halogens is 1. The van der Waals surface area contributed by atoms with Crippen molar-refractivity contribution in [2.24, 2.45) is 0 Å². The summed E-state index contributed by atoms with van der Waals surface area (Å²) < 4.78 is 0. The van der Waals surface area contributed by atoms with Gasteiger partial charge in [0.1, 0.15) is 0 Å². The molecule has 1 amide bonds. The molecular weight excluding hydrogens is 260 g/mol. The highest BCUT2D eigenvalue weighted by Crippen LogP contribution is 2.18. The summed E-state index contributed by atoms with van der Waals surface area (Å²) in [5.74, 6) is 0.177. The predicted molar refractivity (Wildman–Crippen MR) is 71.3 cm³/mol. The van der Waals surface area contributed by atoms with E-state index in [0.29, 0.717) is 11.7 Å². The second kappa shape index (κ2) is 5.66. The molecule has 1 aliphatic rings. The van der Waals surface area contributed by atoms with E-state index >= 15 is 0 Å². The highest BCUT2D eigenvalue weighted by Gasteiger charge is 2.26. The number of hydrogen-bond donors (Lipinski definition) is 1. The monoisotopic (exact) mass is 276 g/mol. The van der Waals surface area contributed by atoms with Gasteiger partial charge in [-0.1, -0.05) is 0 Å². The van der Waals surface area contributed by atoms with Crippen molar-refractivity contribution < 1.29 is 4.79 Å². The number of nitrogen functional groups attached to an aromatic ring is 1. The van der Waals surface area contributed by atoms with E-state index in [1.54, 1.807) is 11.1 Å². The number of amides is 1. The second-order valence-corrected chi connectivity index (χ2v) is 5.33. The average Bonchev–Trinajstić information content (AvgIpc) is 2.60. The van der Waals surface area contributed by atoms with Crippen molar-refractivity contribution in [2.75, 3.05) is 25.9 Å². The van der Waals surface area contributed by atoms with Gasteiger partial charge in [-0.3, -0.25) is 9.69 Å². The number of aromatic nitrogens is 1. The lowest BCUT2D eigenvalue weighted by molar-refractivity contribution is -0.137. The van der Waals surface area contributed by atoms with Crippen LogP contribution >= 0.6 is 23.7 Å². The molecule has 1 unspecified atom stereocenters. The maximum Gasteiger partial charge on any atom is 0.236 e. The third-order valence-electron chi connectivity index (χ3n) is 2.89. The molecule has 0 spiro atoms. The Kier molecular flexibility index (Phi) is 4.73. The van der Waals surface area contributed by atoms with Gasteiger partial charge in [-0.2, -0.15) is 0 Å². The standard InChI is InChI=1S/C10H16N4OS.ClH/c1-7-4-14(6-9(15)13(7)2)5-8-3-12-10(11)16-8;/h3,7H,4-6H2,1-2H3,(H2,11,12);1H. The van der Waals surface area contributed by atoms with Gasteiger partial charge in [-0.15, -0.1) is 23.7 Å². The van der Waals surface area contributed by atoms with E-state index in [1.165, 1.54) is 11.3 Å². The maximum atomic E-state index is 11.7. The SMILES string of the molecule is CC1CN(Cc2cnc(N)s2)CC(=O)N1C.Cl. The van der Waals surface area contributed by atoms with Gasteiger partial charge in [-0.05, 0) is 6.92 Å². The summed E-state index contributed by atoms with van der Waals surface area (Å²) in [6, 6.07) is 0.270. The normalized spacial score (nSPS) is 21.4. The van der Waals surface area contributed by atoms with Gasteiger partial charge in [-0.25, -0.2) is 4.98 Å². The highest BCUT2D eigenvalue weighted by molar-refractivity contribution is 7.15. The highest BCUT2D eigenvalue weighted by atomic mass is 35.5. The average molecular weight is 277 g/mol. The predicted octanol–water partition coefficient (Wildman–Crippen LogP) is 0.810. The number of rotatable bonds is 2. The minimum absolute atomic E-state index is 0. The smallest absolute Gasteiger partial charge is 0.236 e. The number of anilines is 1. The Morgan fingerprint density at radius 3 is 2.88 bits per heavy atom. The van der Waals surface area contributed by atoms with Crippen molar-refractivity contribution in [1.82, 2.24) is 14.8 Å². The number of carbonyl (C=O) groups is 1. The number of nitrogens with zero attached hydrogens (tertiary/aromatic N) is 3. The Morgan fingerprint density at radius 1 is 1.65 bits per heavy atom. The minimum atomic E-state index is 0. The van der Waals surface area contributed by atoms with Crippen LogP contribution in [0.25, 0.3) is 0 Å². The number of hydrogen-bond acceptors (Lipinski definition) is 5. The number of likely N-dealkylation sites (N-methyl/N-ethyl adjacent to an activating group) is 1. The lowest BCUT2D eigenvalue weighted by Gasteiger charge is -2.36. The lowest BCUT2D eigenvalue weighted by Crippen LogP contribution is -2.53. The third kappa shape index (κ3) is 3.31. The molecule has 7 heteroatoms. The summed E-state index contributed by atoms with van der Waals surface area (Å²) in [5.41, 5.74) is 5.57. The van der Waals surface area contributed by atoms with E-state index in [0.717, 1.165) is 18.0 Å². The molecule has 0 bridgehead atoms. The van der Waals surface area contributed by atoms with Crippen LogP contribution in [0.1, 0.15) is 11.8 Å². The summed E-state index contributed by atoms with van der Waals surface area (Å²) in [4.78, 5) is 20.7. The molecule has 1 saturated heterocycles. The number of piperazine rings is 1. The van der Waals surface area contributed by atoms with Gasteiger partial charge < -0.3 is 10.6 Å². The van der Waals surface area contributed by atoms with Gasteiger partial charge in [0.15, 0.2) is 5.13 Å². The van der Waals surface area contributed by atoms with Crippen molar-refractivity contribution in [1.29, 1.82) is 0 Å².